The molecule has 4 heteroatoms. The van der Waals surface area contributed by atoms with Crippen LogP contribution in [-0.4, -0.2) is 36.3 Å². The van der Waals surface area contributed by atoms with Gasteiger partial charge in [-0.25, -0.2) is 0 Å². The van der Waals surface area contributed by atoms with Gasteiger partial charge in [0.1, 0.15) is 12.4 Å². The van der Waals surface area contributed by atoms with E-state index in [1.165, 1.54) is 6.42 Å². The maximum atomic E-state index is 12.4. The SMILES string of the molecule is O=C1COc2cc(C(=O)N3CCCCC3)ccc2C1. The van der Waals surface area contributed by atoms with Crippen molar-refractivity contribution in [3.05, 3.63) is 29.3 Å². The fourth-order valence-corrected chi connectivity index (χ4v) is 2.67. The van der Waals surface area contributed by atoms with Gasteiger partial charge in [0.25, 0.3) is 5.91 Å². The summed E-state index contributed by atoms with van der Waals surface area (Å²) in [5.74, 6) is 0.841. The molecule has 0 bridgehead atoms. The highest BCUT2D eigenvalue weighted by atomic mass is 16.5. The van der Waals surface area contributed by atoms with Gasteiger partial charge >= 0.3 is 0 Å². The highest BCUT2D eigenvalue weighted by molar-refractivity contribution is 5.95. The molecule has 0 spiro atoms. The number of benzene rings is 1. The van der Waals surface area contributed by atoms with Gasteiger partial charge in [-0.05, 0) is 31.4 Å². The van der Waals surface area contributed by atoms with E-state index in [2.05, 4.69) is 0 Å². The predicted octanol–water partition coefficient (Wildman–Crippen LogP) is 1.82. The minimum absolute atomic E-state index is 0.0722. The van der Waals surface area contributed by atoms with Crippen LogP contribution in [0, 0.1) is 0 Å². The molecule has 1 amide bonds. The predicted molar refractivity (Wildman–Crippen MR) is 70.4 cm³/mol. The smallest absolute Gasteiger partial charge is 0.253 e. The summed E-state index contributed by atoms with van der Waals surface area (Å²) in [4.78, 5) is 25.5. The van der Waals surface area contributed by atoms with Crippen molar-refractivity contribution < 1.29 is 14.3 Å². The molecular formula is C15H17NO3. The molecule has 1 saturated heterocycles. The molecule has 2 heterocycles. The van der Waals surface area contributed by atoms with Crippen LogP contribution in [0.3, 0.4) is 0 Å². The zero-order valence-electron chi connectivity index (χ0n) is 10.9. The highest BCUT2D eigenvalue weighted by Crippen LogP contribution is 2.25. The third-order valence-corrected chi connectivity index (χ3v) is 3.73. The van der Waals surface area contributed by atoms with E-state index in [1.807, 2.05) is 11.0 Å². The number of rotatable bonds is 1. The fourth-order valence-electron chi connectivity index (χ4n) is 2.67. The Morgan fingerprint density at radius 3 is 2.74 bits per heavy atom. The van der Waals surface area contributed by atoms with Crippen LogP contribution in [0.1, 0.15) is 35.2 Å². The summed E-state index contributed by atoms with van der Waals surface area (Å²) in [6.07, 6.45) is 3.79. The largest absolute Gasteiger partial charge is 0.486 e. The van der Waals surface area contributed by atoms with Crippen LogP contribution in [0.25, 0.3) is 0 Å². The third-order valence-electron chi connectivity index (χ3n) is 3.73. The van der Waals surface area contributed by atoms with Crippen LogP contribution < -0.4 is 4.74 Å². The molecule has 1 aromatic carbocycles. The number of carbonyl (C=O) groups is 2. The lowest BCUT2D eigenvalue weighted by Crippen LogP contribution is -2.35. The van der Waals surface area contributed by atoms with E-state index in [9.17, 15) is 9.59 Å². The first-order valence-electron chi connectivity index (χ1n) is 6.81. The first-order chi connectivity index (χ1) is 9.24. The number of hydrogen-bond donors (Lipinski definition) is 0. The summed E-state index contributed by atoms with van der Waals surface area (Å²) in [7, 11) is 0. The standard InChI is InChI=1S/C15H17NO3/c17-13-8-11-4-5-12(9-14(11)19-10-13)15(18)16-6-2-1-3-7-16/h4-5,9H,1-3,6-8,10H2. The van der Waals surface area contributed by atoms with Gasteiger partial charge in [0, 0.05) is 30.6 Å². The van der Waals surface area contributed by atoms with Crippen molar-refractivity contribution in [2.75, 3.05) is 19.7 Å². The lowest BCUT2D eigenvalue weighted by Gasteiger charge is -2.27. The maximum absolute atomic E-state index is 12.4. The summed E-state index contributed by atoms with van der Waals surface area (Å²) in [5.41, 5.74) is 1.54. The summed E-state index contributed by atoms with van der Waals surface area (Å²) in [6.45, 7) is 1.80. The summed E-state index contributed by atoms with van der Waals surface area (Å²) < 4.78 is 5.39. The first-order valence-corrected chi connectivity index (χ1v) is 6.81. The van der Waals surface area contributed by atoms with Crippen LogP contribution in [0.15, 0.2) is 18.2 Å². The Labute approximate surface area is 112 Å². The van der Waals surface area contributed by atoms with E-state index in [4.69, 9.17) is 4.74 Å². The number of fused-ring (bicyclic) bond motifs is 1. The second kappa shape index (κ2) is 5.03. The van der Waals surface area contributed by atoms with Crippen molar-refractivity contribution in [2.24, 2.45) is 0 Å². The minimum atomic E-state index is 0.0722. The normalized spacial score (nSPS) is 18.7. The second-order valence-corrected chi connectivity index (χ2v) is 5.18. The number of piperidine rings is 1. The van der Waals surface area contributed by atoms with Gasteiger partial charge < -0.3 is 9.64 Å². The molecule has 0 N–H and O–H groups in total. The quantitative estimate of drug-likeness (QED) is 0.773. The van der Waals surface area contributed by atoms with Crippen molar-refractivity contribution in [1.29, 1.82) is 0 Å². The van der Waals surface area contributed by atoms with Crippen molar-refractivity contribution in [3.8, 4) is 5.75 Å². The molecule has 0 aliphatic carbocycles. The Morgan fingerprint density at radius 2 is 1.95 bits per heavy atom. The molecule has 1 aromatic rings. The molecule has 100 valence electrons. The lowest BCUT2D eigenvalue weighted by atomic mass is 10.0. The third kappa shape index (κ3) is 2.48. The fraction of sp³-hybridized carbons (Fsp3) is 0.467. The molecular weight excluding hydrogens is 242 g/mol. The van der Waals surface area contributed by atoms with E-state index in [1.54, 1.807) is 12.1 Å². The number of amides is 1. The number of Topliss-reactive ketones (excluding diaryl/α,β-unsaturated/α-hetero) is 1. The zero-order chi connectivity index (χ0) is 13.2. The molecule has 0 unspecified atom stereocenters. The topological polar surface area (TPSA) is 46.6 Å². The monoisotopic (exact) mass is 259 g/mol. The highest BCUT2D eigenvalue weighted by Gasteiger charge is 2.22. The van der Waals surface area contributed by atoms with Gasteiger partial charge in [0.15, 0.2) is 5.78 Å². The summed E-state index contributed by atoms with van der Waals surface area (Å²) in [5, 5.41) is 0. The Bertz CT molecular complexity index is 518. The number of ether oxygens (including phenoxy) is 1. The molecule has 4 nitrogen and oxygen atoms in total. The molecule has 2 aliphatic rings. The van der Waals surface area contributed by atoms with Gasteiger partial charge in [-0.15, -0.1) is 0 Å². The number of likely N-dealkylation sites (tertiary alicyclic amines) is 1. The number of ketones is 1. The zero-order valence-corrected chi connectivity index (χ0v) is 10.9. The molecule has 0 radical (unpaired) electrons. The lowest BCUT2D eigenvalue weighted by molar-refractivity contribution is -0.121. The van der Waals surface area contributed by atoms with Crippen LogP contribution in [0.2, 0.25) is 0 Å². The molecule has 0 atom stereocenters. The van der Waals surface area contributed by atoms with E-state index in [0.717, 1.165) is 31.5 Å². The second-order valence-electron chi connectivity index (χ2n) is 5.18. The van der Waals surface area contributed by atoms with Crippen molar-refractivity contribution in [1.82, 2.24) is 4.90 Å². The molecule has 0 aromatic heterocycles. The van der Waals surface area contributed by atoms with Crippen LogP contribution >= 0.6 is 0 Å². The van der Waals surface area contributed by atoms with Crippen molar-refractivity contribution >= 4 is 11.7 Å². The average molecular weight is 259 g/mol. The van der Waals surface area contributed by atoms with Gasteiger partial charge in [0.2, 0.25) is 0 Å². The Kier molecular flexibility index (Phi) is 3.23. The molecule has 2 aliphatic heterocycles. The minimum Gasteiger partial charge on any atom is -0.486 e. The van der Waals surface area contributed by atoms with E-state index in [0.29, 0.717) is 17.7 Å². The van der Waals surface area contributed by atoms with Gasteiger partial charge in [-0.2, -0.15) is 0 Å². The summed E-state index contributed by atoms with van der Waals surface area (Å²) >= 11 is 0. The van der Waals surface area contributed by atoms with Gasteiger partial charge in [-0.3, -0.25) is 9.59 Å². The van der Waals surface area contributed by atoms with Crippen LogP contribution in [0.4, 0.5) is 0 Å². The van der Waals surface area contributed by atoms with Crippen molar-refractivity contribution in [2.45, 2.75) is 25.7 Å². The molecule has 19 heavy (non-hydrogen) atoms. The number of nitrogens with zero attached hydrogens (tertiary/aromatic N) is 1. The molecule has 3 rings (SSSR count). The molecule has 0 saturated carbocycles. The van der Waals surface area contributed by atoms with Crippen LogP contribution in [-0.2, 0) is 11.2 Å². The summed E-state index contributed by atoms with van der Waals surface area (Å²) in [6, 6.07) is 5.42. The van der Waals surface area contributed by atoms with E-state index >= 15 is 0 Å². The first kappa shape index (κ1) is 12.2. The number of carbonyl (C=O) groups excluding carboxylic acids is 2. The Balaban J connectivity index is 1.81. The van der Waals surface area contributed by atoms with Crippen LogP contribution in [0.5, 0.6) is 5.75 Å². The van der Waals surface area contributed by atoms with E-state index < -0.39 is 0 Å². The van der Waals surface area contributed by atoms with Gasteiger partial charge in [-0.1, -0.05) is 6.07 Å². The Morgan fingerprint density at radius 1 is 1.16 bits per heavy atom. The number of hydrogen-bond acceptors (Lipinski definition) is 3. The van der Waals surface area contributed by atoms with Gasteiger partial charge in [0.05, 0.1) is 0 Å². The van der Waals surface area contributed by atoms with E-state index in [-0.39, 0.29) is 18.3 Å². The maximum Gasteiger partial charge on any atom is 0.253 e. The average Bonchev–Trinajstić information content (AvgIpc) is 2.47. The Hall–Kier alpha value is -1.84. The van der Waals surface area contributed by atoms with Crippen molar-refractivity contribution in [3.63, 3.8) is 0 Å². The molecule has 1 fully saturated rings.